The number of hydrogen-bond acceptors (Lipinski definition) is 4. The number of allylic oxidation sites excluding steroid dienone is 2. The number of halogens is 1. The molecule has 24 heavy (non-hydrogen) atoms. The molecule has 1 aliphatic heterocycles. The van der Waals surface area contributed by atoms with E-state index < -0.39 is 5.97 Å². The van der Waals surface area contributed by atoms with Crippen molar-refractivity contribution in [2.24, 2.45) is 0 Å². The molecule has 0 radical (unpaired) electrons. The van der Waals surface area contributed by atoms with E-state index in [1.165, 1.54) is 7.11 Å². The molecule has 5 heteroatoms. The van der Waals surface area contributed by atoms with E-state index in [2.05, 4.69) is 0 Å². The van der Waals surface area contributed by atoms with E-state index in [0.717, 1.165) is 5.56 Å². The summed E-state index contributed by atoms with van der Waals surface area (Å²) in [4.78, 5) is 11.9. The predicted octanol–water partition coefficient (Wildman–Crippen LogP) is 4.22. The minimum atomic E-state index is -0.684. The number of carbonyl (C=O) groups is 1. The number of rotatable bonds is 2. The maximum absolute atomic E-state index is 11.9. The third kappa shape index (κ3) is 2.90. The molecule has 3 rings (SSSR count). The van der Waals surface area contributed by atoms with Gasteiger partial charge in [0.05, 0.1) is 7.11 Å². The van der Waals surface area contributed by atoms with Crippen molar-refractivity contribution < 1.29 is 14.3 Å². The van der Waals surface area contributed by atoms with Crippen LogP contribution in [0.5, 0.6) is 5.75 Å². The fourth-order valence-corrected chi connectivity index (χ4v) is 2.54. The molecule has 0 saturated heterocycles. The van der Waals surface area contributed by atoms with Crippen LogP contribution < -0.4 is 4.74 Å². The minimum Gasteiger partial charge on any atom is -0.465 e. The van der Waals surface area contributed by atoms with Crippen LogP contribution in [0.15, 0.2) is 60.2 Å². The molecule has 0 saturated carbocycles. The highest BCUT2D eigenvalue weighted by molar-refractivity contribution is 6.30. The average Bonchev–Trinajstić information content (AvgIpc) is 2.62. The molecule has 2 aromatic carbocycles. The fourth-order valence-electron chi connectivity index (χ4n) is 2.42. The van der Waals surface area contributed by atoms with Crippen molar-refractivity contribution >= 4 is 28.9 Å². The van der Waals surface area contributed by atoms with Crippen molar-refractivity contribution in [3.8, 4) is 11.8 Å². The zero-order valence-electron chi connectivity index (χ0n) is 12.7. The van der Waals surface area contributed by atoms with Crippen molar-refractivity contribution in [1.82, 2.24) is 0 Å². The molecule has 0 bridgehead atoms. The summed E-state index contributed by atoms with van der Waals surface area (Å²) in [6.07, 6.45) is 1.67. The summed E-state index contributed by atoms with van der Waals surface area (Å²) in [6.45, 7) is 0. The van der Waals surface area contributed by atoms with Crippen molar-refractivity contribution in [1.29, 1.82) is 5.26 Å². The van der Waals surface area contributed by atoms with Gasteiger partial charge in [0.2, 0.25) is 0 Å². The standard InChI is InChI=1S/C19H12ClNO3/c1-23-19(22)16(11-21)15-10-18(12-6-8-13(20)9-7-12)24-17-5-3-2-4-14(15)17/h2-10H,1H3. The van der Waals surface area contributed by atoms with Crippen LogP contribution >= 0.6 is 11.6 Å². The van der Waals surface area contributed by atoms with E-state index in [1.54, 1.807) is 30.3 Å². The second kappa shape index (κ2) is 6.61. The van der Waals surface area contributed by atoms with Crippen molar-refractivity contribution in [2.45, 2.75) is 0 Å². The van der Waals surface area contributed by atoms with Crippen LogP contribution in [0.25, 0.3) is 11.3 Å². The zero-order valence-corrected chi connectivity index (χ0v) is 13.5. The number of para-hydroxylation sites is 1. The van der Waals surface area contributed by atoms with Gasteiger partial charge in [-0.15, -0.1) is 0 Å². The lowest BCUT2D eigenvalue weighted by Crippen LogP contribution is -2.10. The summed E-state index contributed by atoms with van der Waals surface area (Å²) in [5.74, 6) is 0.407. The van der Waals surface area contributed by atoms with Crippen LogP contribution in [0.4, 0.5) is 0 Å². The molecule has 2 aromatic rings. The maximum Gasteiger partial charge on any atom is 0.349 e. The molecule has 0 N–H and O–H groups in total. The summed E-state index contributed by atoms with van der Waals surface area (Å²) in [7, 11) is 1.25. The molecular weight excluding hydrogens is 326 g/mol. The Hall–Kier alpha value is -3.03. The van der Waals surface area contributed by atoms with Crippen LogP contribution in [0.2, 0.25) is 5.02 Å². The monoisotopic (exact) mass is 337 g/mol. The molecule has 0 fully saturated rings. The van der Waals surface area contributed by atoms with Gasteiger partial charge in [-0.05, 0) is 36.4 Å². The zero-order chi connectivity index (χ0) is 17.1. The lowest BCUT2D eigenvalue weighted by molar-refractivity contribution is -0.135. The Labute approximate surface area is 144 Å². The van der Waals surface area contributed by atoms with Gasteiger partial charge in [0.1, 0.15) is 23.2 Å². The van der Waals surface area contributed by atoms with E-state index in [1.807, 2.05) is 30.3 Å². The number of hydrogen-bond donors (Lipinski definition) is 0. The number of esters is 1. The summed E-state index contributed by atoms with van der Waals surface area (Å²) < 4.78 is 10.6. The molecule has 4 nitrogen and oxygen atoms in total. The number of ether oxygens (including phenoxy) is 2. The first kappa shape index (κ1) is 15.9. The van der Waals surface area contributed by atoms with Crippen molar-refractivity contribution in [3.05, 3.63) is 76.3 Å². The van der Waals surface area contributed by atoms with Crippen molar-refractivity contribution in [3.63, 3.8) is 0 Å². The summed E-state index contributed by atoms with van der Waals surface area (Å²) >= 11 is 5.92. The van der Waals surface area contributed by atoms with Crippen LogP contribution in [0.1, 0.15) is 11.1 Å². The average molecular weight is 338 g/mol. The minimum absolute atomic E-state index is 0.0697. The molecule has 1 heterocycles. The number of methoxy groups -OCH3 is 1. The Bertz CT molecular complexity index is 905. The molecule has 0 aromatic heterocycles. The summed E-state index contributed by atoms with van der Waals surface area (Å²) in [6, 6.07) is 16.3. The van der Waals surface area contributed by atoms with Gasteiger partial charge in [0, 0.05) is 21.7 Å². The van der Waals surface area contributed by atoms with Gasteiger partial charge in [-0.2, -0.15) is 5.26 Å². The fraction of sp³-hybridized carbons (Fsp3) is 0.0526. The van der Waals surface area contributed by atoms with E-state index in [9.17, 15) is 10.1 Å². The van der Waals surface area contributed by atoms with Gasteiger partial charge < -0.3 is 9.47 Å². The Morgan fingerprint density at radius 2 is 1.88 bits per heavy atom. The Morgan fingerprint density at radius 1 is 1.17 bits per heavy atom. The highest BCUT2D eigenvalue weighted by Crippen LogP contribution is 2.38. The van der Waals surface area contributed by atoms with Gasteiger partial charge >= 0.3 is 5.97 Å². The first-order valence-electron chi connectivity index (χ1n) is 7.11. The van der Waals surface area contributed by atoms with E-state index in [0.29, 0.717) is 27.7 Å². The second-order valence-corrected chi connectivity index (χ2v) is 5.44. The molecule has 0 amide bonds. The topological polar surface area (TPSA) is 59.3 Å². The molecule has 0 aliphatic carbocycles. The maximum atomic E-state index is 11.9. The van der Waals surface area contributed by atoms with Gasteiger partial charge in [0.15, 0.2) is 0 Å². The number of nitriles is 1. The normalized spacial score (nSPS) is 14.6. The van der Waals surface area contributed by atoms with Crippen LogP contribution in [0.3, 0.4) is 0 Å². The molecule has 118 valence electrons. The molecule has 0 spiro atoms. The van der Waals surface area contributed by atoms with Crippen molar-refractivity contribution in [2.75, 3.05) is 7.11 Å². The van der Waals surface area contributed by atoms with E-state index >= 15 is 0 Å². The van der Waals surface area contributed by atoms with Crippen LogP contribution in [-0.2, 0) is 9.53 Å². The molecular formula is C19H12ClNO3. The summed E-state index contributed by atoms with van der Waals surface area (Å²) in [5.41, 5.74) is 1.85. The molecule has 1 aliphatic rings. The lowest BCUT2D eigenvalue weighted by atomic mass is 9.95. The van der Waals surface area contributed by atoms with Crippen LogP contribution in [0, 0.1) is 11.3 Å². The largest absolute Gasteiger partial charge is 0.465 e. The van der Waals surface area contributed by atoms with Gasteiger partial charge in [0.25, 0.3) is 0 Å². The first-order valence-corrected chi connectivity index (χ1v) is 7.49. The number of carbonyl (C=O) groups excluding carboxylic acids is 1. The SMILES string of the molecule is COC(=O)C(C#N)=C1C=C(c2ccc(Cl)cc2)Oc2ccccc21. The lowest BCUT2D eigenvalue weighted by Gasteiger charge is -2.21. The first-order chi connectivity index (χ1) is 11.6. The Morgan fingerprint density at radius 3 is 2.54 bits per heavy atom. The Balaban J connectivity index is 2.21. The third-order valence-electron chi connectivity index (χ3n) is 3.57. The van der Waals surface area contributed by atoms with Gasteiger partial charge in [-0.3, -0.25) is 0 Å². The highest BCUT2D eigenvalue weighted by atomic mass is 35.5. The summed E-state index contributed by atoms with van der Waals surface area (Å²) in [5, 5.41) is 10.0. The number of benzene rings is 2. The molecule has 0 unspecified atom stereocenters. The van der Waals surface area contributed by atoms with E-state index in [4.69, 9.17) is 21.1 Å². The van der Waals surface area contributed by atoms with Crippen LogP contribution in [-0.4, -0.2) is 13.1 Å². The molecule has 0 atom stereocenters. The number of fused-ring (bicyclic) bond motifs is 1. The van der Waals surface area contributed by atoms with Gasteiger partial charge in [-0.25, -0.2) is 4.79 Å². The van der Waals surface area contributed by atoms with Gasteiger partial charge in [-0.1, -0.05) is 29.8 Å². The predicted molar refractivity (Wildman–Crippen MR) is 91.0 cm³/mol. The quantitative estimate of drug-likeness (QED) is 0.467. The third-order valence-corrected chi connectivity index (χ3v) is 3.82. The second-order valence-electron chi connectivity index (χ2n) is 5.01. The smallest absolute Gasteiger partial charge is 0.349 e. The Kier molecular flexibility index (Phi) is 4.37. The van der Waals surface area contributed by atoms with E-state index in [-0.39, 0.29) is 5.57 Å². The highest BCUT2D eigenvalue weighted by Gasteiger charge is 2.24. The number of nitrogens with zero attached hydrogens (tertiary/aromatic N) is 1.